The first-order chi connectivity index (χ1) is 9.26. The normalized spacial score (nSPS) is 10.6. The average Bonchev–Trinajstić information content (AvgIpc) is 2.45. The van der Waals surface area contributed by atoms with Crippen LogP contribution in [0, 0.1) is 0 Å². The first-order valence-corrected chi connectivity index (χ1v) is 6.54. The Labute approximate surface area is 138 Å². The quantitative estimate of drug-likeness (QED) is 0.236. The molecule has 0 aliphatic heterocycles. The van der Waals surface area contributed by atoms with Gasteiger partial charge in [-0.3, -0.25) is 4.99 Å². The molecule has 1 aromatic rings. The first kappa shape index (κ1) is 18.8. The Morgan fingerprint density at radius 3 is 2.65 bits per heavy atom. The Kier molecular flexibility index (Phi) is 10.9. The second kappa shape index (κ2) is 11.6. The number of nitrogens with zero attached hydrogens (tertiary/aromatic N) is 1. The van der Waals surface area contributed by atoms with Crippen LogP contribution in [0.5, 0.6) is 5.75 Å². The van der Waals surface area contributed by atoms with Gasteiger partial charge in [0.05, 0.1) is 7.11 Å². The van der Waals surface area contributed by atoms with Gasteiger partial charge >= 0.3 is 0 Å². The van der Waals surface area contributed by atoms with Crippen molar-refractivity contribution in [3.05, 3.63) is 42.5 Å². The van der Waals surface area contributed by atoms with Gasteiger partial charge in [0.25, 0.3) is 0 Å². The molecule has 0 unspecified atom stereocenters. The summed E-state index contributed by atoms with van der Waals surface area (Å²) in [4.78, 5) is 4.24. The molecule has 0 saturated heterocycles. The summed E-state index contributed by atoms with van der Waals surface area (Å²) in [5.74, 6) is 1.39. The molecule has 3 N–H and O–H groups in total. The summed E-state index contributed by atoms with van der Waals surface area (Å²) >= 11 is 0. The Bertz CT molecular complexity index is 404. The lowest BCUT2D eigenvalue weighted by Crippen LogP contribution is -2.31. The van der Waals surface area contributed by atoms with Crippen LogP contribution < -0.4 is 15.8 Å². The molecule has 5 heteroatoms. The summed E-state index contributed by atoms with van der Waals surface area (Å²) in [7, 11) is 1.68. The molecule has 0 fully saturated rings. The van der Waals surface area contributed by atoms with Crippen LogP contribution in [0.15, 0.2) is 41.9 Å². The van der Waals surface area contributed by atoms with E-state index in [0.29, 0.717) is 12.5 Å². The largest absolute Gasteiger partial charge is 0.497 e. The van der Waals surface area contributed by atoms with Gasteiger partial charge in [0.1, 0.15) is 5.75 Å². The fourth-order valence-electron chi connectivity index (χ4n) is 1.67. The monoisotopic (exact) mass is 389 g/mol. The number of methoxy groups -OCH3 is 1. The molecule has 1 rings (SSSR count). The van der Waals surface area contributed by atoms with Crippen LogP contribution in [0.1, 0.15) is 18.4 Å². The predicted octanol–water partition coefficient (Wildman–Crippen LogP) is 2.73. The molecule has 0 saturated carbocycles. The highest BCUT2D eigenvalue weighted by molar-refractivity contribution is 14.0. The fourth-order valence-corrected chi connectivity index (χ4v) is 1.67. The lowest BCUT2D eigenvalue weighted by molar-refractivity contribution is 0.414. The van der Waals surface area contributed by atoms with Crippen LogP contribution in [0.25, 0.3) is 0 Å². The molecule has 0 spiro atoms. The minimum atomic E-state index is 0. The zero-order chi connectivity index (χ0) is 13.9. The van der Waals surface area contributed by atoms with Crippen LogP contribution in [-0.4, -0.2) is 26.2 Å². The minimum Gasteiger partial charge on any atom is -0.497 e. The highest BCUT2D eigenvalue weighted by atomic mass is 127. The average molecular weight is 389 g/mol. The molecule has 0 aromatic heterocycles. The van der Waals surface area contributed by atoms with Crippen molar-refractivity contribution < 1.29 is 4.74 Å². The number of nitrogens with one attached hydrogen (secondary N) is 1. The van der Waals surface area contributed by atoms with E-state index in [9.17, 15) is 0 Å². The van der Waals surface area contributed by atoms with Gasteiger partial charge in [-0.05, 0) is 37.0 Å². The van der Waals surface area contributed by atoms with Crippen LogP contribution >= 0.6 is 24.0 Å². The molecule has 0 atom stereocenters. The number of rotatable bonds is 8. The van der Waals surface area contributed by atoms with Gasteiger partial charge in [-0.15, -0.1) is 30.6 Å². The Morgan fingerprint density at radius 1 is 1.35 bits per heavy atom. The van der Waals surface area contributed by atoms with E-state index in [1.54, 1.807) is 13.2 Å². The highest BCUT2D eigenvalue weighted by Gasteiger charge is 1.95. The predicted molar refractivity (Wildman–Crippen MR) is 96.0 cm³/mol. The second-order valence-corrected chi connectivity index (χ2v) is 4.24. The van der Waals surface area contributed by atoms with E-state index in [1.165, 1.54) is 5.56 Å². The molecule has 4 nitrogen and oxygen atoms in total. The van der Waals surface area contributed by atoms with Crippen molar-refractivity contribution in [2.75, 3.05) is 20.2 Å². The van der Waals surface area contributed by atoms with Crippen LogP contribution in [0.2, 0.25) is 0 Å². The summed E-state index contributed by atoms with van der Waals surface area (Å²) < 4.78 is 5.13. The number of unbranched alkanes of at least 4 members (excludes halogenated alkanes) is 1. The van der Waals surface area contributed by atoms with Crippen molar-refractivity contribution in [2.45, 2.75) is 19.3 Å². The van der Waals surface area contributed by atoms with Crippen molar-refractivity contribution >= 4 is 29.9 Å². The van der Waals surface area contributed by atoms with Gasteiger partial charge in [0.2, 0.25) is 0 Å². The zero-order valence-electron chi connectivity index (χ0n) is 12.0. The maximum absolute atomic E-state index is 5.66. The van der Waals surface area contributed by atoms with Gasteiger partial charge < -0.3 is 15.8 Å². The number of aliphatic imine (C=N–C) groups is 1. The fraction of sp³-hybridized carbons (Fsp3) is 0.400. The van der Waals surface area contributed by atoms with Crippen molar-refractivity contribution in [1.82, 2.24) is 5.32 Å². The molecule has 0 bridgehead atoms. The Balaban J connectivity index is 0.00000361. The molecular formula is C15H24IN3O. The van der Waals surface area contributed by atoms with Crippen LogP contribution in [-0.2, 0) is 6.42 Å². The number of benzene rings is 1. The summed E-state index contributed by atoms with van der Waals surface area (Å²) in [5, 5.41) is 2.95. The number of hydrogen-bond donors (Lipinski definition) is 2. The maximum Gasteiger partial charge on any atom is 0.188 e. The van der Waals surface area contributed by atoms with E-state index in [-0.39, 0.29) is 24.0 Å². The molecule has 0 radical (unpaired) electrons. The maximum atomic E-state index is 5.66. The smallest absolute Gasteiger partial charge is 0.188 e. The molecule has 112 valence electrons. The van der Waals surface area contributed by atoms with E-state index in [1.807, 2.05) is 12.1 Å². The van der Waals surface area contributed by atoms with Gasteiger partial charge in [-0.2, -0.15) is 0 Å². The molecule has 0 aliphatic rings. The SMILES string of the molecule is C=CCNC(N)=NCCCCc1ccc(OC)cc1.I. The molecule has 20 heavy (non-hydrogen) atoms. The highest BCUT2D eigenvalue weighted by Crippen LogP contribution is 2.13. The number of halogens is 1. The third kappa shape index (κ3) is 8.04. The van der Waals surface area contributed by atoms with Crippen molar-refractivity contribution in [3.63, 3.8) is 0 Å². The topological polar surface area (TPSA) is 59.6 Å². The van der Waals surface area contributed by atoms with E-state index >= 15 is 0 Å². The second-order valence-electron chi connectivity index (χ2n) is 4.24. The Hall–Kier alpha value is -1.24. The number of hydrogen-bond acceptors (Lipinski definition) is 2. The zero-order valence-corrected chi connectivity index (χ0v) is 14.3. The van der Waals surface area contributed by atoms with Gasteiger partial charge in [0.15, 0.2) is 5.96 Å². The summed E-state index contributed by atoms with van der Waals surface area (Å²) in [6.07, 6.45) is 4.94. The van der Waals surface area contributed by atoms with E-state index in [2.05, 4.69) is 29.0 Å². The van der Waals surface area contributed by atoms with E-state index in [0.717, 1.165) is 31.6 Å². The molecule has 0 amide bonds. The Morgan fingerprint density at radius 2 is 2.05 bits per heavy atom. The lowest BCUT2D eigenvalue weighted by atomic mass is 10.1. The number of guanidine groups is 1. The van der Waals surface area contributed by atoms with E-state index in [4.69, 9.17) is 10.5 Å². The number of nitrogens with two attached hydrogens (primary N) is 1. The lowest BCUT2D eigenvalue weighted by Gasteiger charge is -2.04. The van der Waals surface area contributed by atoms with Crippen molar-refractivity contribution in [2.24, 2.45) is 10.7 Å². The molecule has 0 heterocycles. The molecule has 1 aromatic carbocycles. The summed E-state index contributed by atoms with van der Waals surface area (Å²) in [6, 6.07) is 8.18. The number of aryl methyl sites for hydroxylation is 1. The van der Waals surface area contributed by atoms with Gasteiger partial charge in [0, 0.05) is 13.1 Å². The van der Waals surface area contributed by atoms with Crippen LogP contribution in [0.3, 0.4) is 0 Å². The van der Waals surface area contributed by atoms with Gasteiger partial charge in [-0.1, -0.05) is 18.2 Å². The van der Waals surface area contributed by atoms with Crippen molar-refractivity contribution in [3.8, 4) is 5.75 Å². The molecule has 0 aliphatic carbocycles. The first-order valence-electron chi connectivity index (χ1n) is 6.54. The molecular weight excluding hydrogens is 365 g/mol. The standard InChI is InChI=1S/C15H23N3O.HI/c1-3-11-17-15(16)18-12-5-4-6-13-7-9-14(19-2)10-8-13;/h3,7-10H,1,4-6,11-12H2,2H3,(H3,16,17,18);1H. The minimum absolute atomic E-state index is 0. The third-order valence-electron chi connectivity index (χ3n) is 2.74. The van der Waals surface area contributed by atoms with Gasteiger partial charge in [-0.25, -0.2) is 0 Å². The number of ether oxygens (including phenoxy) is 1. The summed E-state index contributed by atoms with van der Waals surface area (Å²) in [6.45, 7) is 5.02. The van der Waals surface area contributed by atoms with Crippen LogP contribution in [0.4, 0.5) is 0 Å². The van der Waals surface area contributed by atoms with E-state index < -0.39 is 0 Å². The summed E-state index contributed by atoms with van der Waals surface area (Å²) in [5.41, 5.74) is 6.98. The van der Waals surface area contributed by atoms with Crippen molar-refractivity contribution in [1.29, 1.82) is 0 Å². The third-order valence-corrected chi connectivity index (χ3v) is 2.74.